The van der Waals surface area contributed by atoms with Crippen molar-refractivity contribution in [3.05, 3.63) is 106 Å². The molecule has 0 atom stereocenters. The molecule has 0 saturated heterocycles. The lowest BCUT2D eigenvalue weighted by Crippen LogP contribution is -2.15. The lowest BCUT2D eigenvalue weighted by atomic mass is 10.2. The number of thioether (sulfide) groups is 1. The summed E-state index contributed by atoms with van der Waals surface area (Å²) in [6.07, 6.45) is 1.71. The topological polar surface area (TPSA) is 65.1 Å². The maximum absolute atomic E-state index is 13.5. The quantitative estimate of drug-likeness (QED) is 0.369. The summed E-state index contributed by atoms with van der Waals surface area (Å²) < 4.78 is 17.0. The molecule has 0 unspecified atom stereocenters. The first-order valence-corrected chi connectivity index (χ1v) is 11.0. The molecule has 0 aliphatic rings. The van der Waals surface area contributed by atoms with E-state index in [-0.39, 0.29) is 11.4 Å². The molecule has 0 amide bonds. The zero-order valence-corrected chi connectivity index (χ0v) is 18.0. The zero-order valence-electron chi connectivity index (χ0n) is 17.1. The van der Waals surface area contributed by atoms with Gasteiger partial charge in [-0.1, -0.05) is 48.2 Å². The lowest BCUT2D eigenvalue weighted by Gasteiger charge is -2.11. The second kappa shape index (κ2) is 8.39. The molecule has 0 saturated carbocycles. The smallest absolute Gasteiger partial charge is 0.258 e. The van der Waals surface area contributed by atoms with E-state index in [1.165, 1.54) is 34.4 Å². The number of hydrogen-bond donors (Lipinski definition) is 0. The summed E-state index contributed by atoms with van der Waals surface area (Å²) in [6.45, 7) is 1.93. The Labute approximate surface area is 187 Å². The summed E-state index contributed by atoms with van der Waals surface area (Å²) >= 11 is 1.42. The average Bonchev–Trinajstić information content (AvgIpc) is 3.23. The van der Waals surface area contributed by atoms with Crippen molar-refractivity contribution in [3.8, 4) is 17.1 Å². The normalized spacial score (nSPS) is 11.2. The number of nitrogens with zero attached hydrogens (tertiary/aromatic N) is 5. The SMILES string of the molecule is Cc1cccn2c(=O)cc(CSc3nnc(-c4ccccc4)n3-c3ccc(F)cc3)nc12. The first kappa shape index (κ1) is 20.1. The standard InChI is InChI=1S/C24H18FN5OS/c1-16-6-5-13-29-21(31)14-19(26-22(16)29)15-32-24-28-27-23(17-7-3-2-4-8-17)30(24)20-11-9-18(25)10-12-20/h2-14H,15H2,1H3. The van der Waals surface area contributed by atoms with Gasteiger partial charge in [0.25, 0.3) is 5.56 Å². The summed E-state index contributed by atoms with van der Waals surface area (Å²) in [4.78, 5) is 17.2. The molecule has 0 aliphatic heterocycles. The summed E-state index contributed by atoms with van der Waals surface area (Å²) in [7, 11) is 0. The van der Waals surface area contributed by atoms with Crippen LogP contribution in [0.2, 0.25) is 0 Å². The van der Waals surface area contributed by atoms with E-state index in [2.05, 4.69) is 15.2 Å². The van der Waals surface area contributed by atoms with Gasteiger partial charge in [0, 0.05) is 29.3 Å². The van der Waals surface area contributed by atoms with Crippen molar-refractivity contribution in [2.24, 2.45) is 0 Å². The van der Waals surface area contributed by atoms with E-state index in [4.69, 9.17) is 0 Å². The average molecular weight is 444 g/mol. The molecule has 2 aromatic carbocycles. The van der Waals surface area contributed by atoms with Gasteiger partial charge in [0.1, 0.15) is 11.5 Å². The third kappa shape index (κ3) is 3.80. The van der Waals surface area contributed by atoms with Crippen LogP contribution < -0.4 is 5.56 Å². The summed E-state index contributed by atoms with van der Waals surface area (Å²) in [5, 5.41) is 9.40. The summed E-state index contributed by atoms with van der Waals surface area (Å²) in [5.41, 5.74) is 3.75. The Morgan fingerprint density at radius 3 is 2.53 bits per heavy atom. The zero-order chi connectivity index (χ0) is 22.1. The molecule has 8 heteroatoms. The van der Waals surface area contributed by atoms with E-state index in [9.17, 15) is 9.18 Å². The second-order valence-electron chi connectivity index (χ2n) is 7.24. The highest BCUT2D eigenvalue weighted by molar-refractivity contribution is 7.98. The fourth-order valence-corrected chi connectivity index (χ4v) is 4.33. The summed E-state index contributed by atoms with van der Waals surface area (Å²) in [6, 6.07) is 21.2. The van der Waals surface area contributed by atoms with Crippen LogP contribution >= 0.6 is 11.8 Å². The van der Waals surface area contributed by atoms with Gasteiger partial charge in [-0.3, -0.25) is 13.8 Å². The Balaban J connectivity index is 1.54. The van der Waals surface area contributed by atoms with Crippen molar-refractivity contribution in [2.75, 3.05) is 0 Å². The van der Waals surface area contributed by atoms with Crippen LogP contribution in [0.3, 0.4) is 0 Å². The van der Waals surface area contributed by atoms with E-state index in [1.54, 1.807) is 18.3 Å². The van der Waals surface area contributed by atoms with Crippen molar-refractivity contribution in [1.29, 1.82) is 0 Å². The number of pyridine rings is 1. The highest BCUT2D eigenvalue weighted by atomic mass is 32.2. The molecular weight excluding hydrogens is 425 g/mol. The minimum absolute atomic E-state index is 0.126. The number of aromatic nitrogens is 5. The lowest BCUT2D eigenvalue weighted by molar-refractivity contribution is 0.627. The first-order chi connectivity index (χ1) is 15.6. The molecule has 5 aromatic rings. The maximum atomic E-state index is 13.5. The molecule has 0 spiro atoms. The minimum Gasteiger partial charge on any atom is -0.270 e. The highest BCUT2D eigenvalue weighted by Gasteiger charge is 2.17. The van der Waals surface area contributed by atoms with Crippen LogP contribution in [0.25, 0.3) is 22.7 Å². The van der Waals surface area contributed by atoms with Gasteiger partial charge in [0.2, 0.25) is 0 Å². The van der Waals surface area contributed by atoms with Crippen LogP contribution in [0.5, 0.6) is 0 Å². The van der Waals surface area contributed by atoms with Gasteiger partial charge in [-0.05, 0) is 42.8 Å². The van der Waals surface area contributed by atoms with Gasteiger partial charge in [-0.25, -0.2) is 9.37 Å². The van der Waals surface area contributed by atoms with Crippen LogP contribution in [0, 0.1) is 12.7 Å². The van der Waals surface area contributed by atoms with Gasteiger partial charge >= 0.3 is 0 Å². The van der Waals surface area contributed by atoms with E-state index >= 15 is 0 Å². The van der Waals surface area contributed by atoms with Crippen molar-refractivity contribution in [1.82, 2.24) is 24.1 Å². The monoisotopic (exact) mass is 443 g/mol. The largest absolute Gasteiger partial charge is 0.270 e. The number of halogens is 1. The van der Waals surface area contributed by atoms with E-state index in [1.807, 2.05) is 54.0 Å². The predicted octanol–water partition coefficient (Wildman–Crippen LogP) is 4.68. The van der Waals surface area contributed by atoms with Gasteiger partial charge in [0.05, 0.1) is 5.69 Å². The van der Waals surface area contributed by atoms with Crippen molar-refractivity contribution >= 4 is 17.4 Å². The van der Waals surface area contributed by atoms with Gasteiger partial charge in [-0.15, -0.1) is 10.2 Å². The fraction of sp³-hybridized carbons (Fsp3) is 0.0833. The van der Waals surface area contributed by atoms with Crippen molar-refractivity contribution < 1.29 is 4.39 Å². The Morgan fingerprint density at radius 1 is 0.969 bits per heavy atom. The maximum Gasteiger partial charge on any atom is 0.258 e. The van der Waals surface area contributed by atoms with Gasteiger partial charge in [0.15, 0.2) is 11.0 Å². The number of rotatable bonds is 5. The number of aryl methyl sites for hydroxylation is 1. The second-order valence-corrected chi connectivity index (χ2v) is 8.19. The molecule has 3 heterocycles. The van der Waals surface area contributed by atoms with E-state index < -0.39 is 0 Å². The van der Waals surface area contributed by atoms with E-state index in [0.717, 1.165) is 16.8 Å². The molecule has 158 valence electrons. The molecule has 6 nitrogen and oxygen atoms in total. The molecular formula is C24H18FN5OS. The number of fused-ring (bicyclic) bond motifs is 1. The molecule has 0 N–H and O–H groups in total. The molecule has 0 bridgehead atoms. The molecule has 5 rings (SSSR count). The first-order valence-electron chi connectivity index (χ1n) is 9.97. The van der Waals surface area contributed by atoms with Crippen LogP contribution in [0.15, 0.2) is 88.9 Å². The predicted molar refractivity (Wildman–Crippen MR) is 123 cm³/mol. The van der Waals surface area contributed by atoms with Crippen LogP contribution in [0.4, 0.5) is 4.39 Å². The molecule has 32 heavy (non-hydrogen) atoms. The summed E-state index contributed by atoms with van der Waals surface area (Å²) in [5.74, 6) is 0.782. The molecule has 0 radical (unpaired) electrons. The number of benzene rings is 2. The third-order valence-electron chi connectivity index (χ3n) is 5.04. The van der Waals surface area contributed by atoms with Gasteiger partial charge < -0.3 is 0 Å². The van der Waals surface area contributed by atoms with Gasteiger partial charge in [-0.2, -0.15) is 0 Å². The fourth-order valence-electron chi connectivity index (χ4n) is 3.48. The highest BCUT2D eigenvalue weighted by Crippen LogP contribution is 2.29. The molecule has 3 aromatic heterocycles. The number of hydrogen-bond acceptors (Lipinski definition) is 5. The van der Waals surface area contributed by atoms with Crippen LogP contribution in [-0.4, -0.2) is 24.1 Å². The Kier molecular flexibility index (Phi) is 5.28. The third-order valence-corrected chi connectivity index (χ3v) is 6.00. The van der Waals surface area contributed by atoms with Crippen molar-refractivity contribution in [2.45, 2.75) is 17.8 Å². The molecule has 0 aliphatic carbocycles. The minimum atomic E-state index is -0.312. The Hall–Kier alpha value is -3.78. The van der Waals surface area contributed by atoms with Crippen molar-refractivity contribution in [3.63, 3.8) is 0 Å². The van der Waals surface area contributed by atoms with Crippen LogP contribution in [-0.2, 0) is 5.75 Å². The van der Waals surface area contributed by atoms with Crippen LogP contribution in [0.1, 0.15) is 11.3 Å². The Morgan fingerprint density at radius 2 is 1.75 bits per heavy atom. The molecule has 0 fully saturated rings. The Bertz CT molecular complexity index is 1460. The van der Waals surface area contributed by atoms with E-state index in [0.29, 0.717) is 28.1 Å².